The molecule has 1 atom stereocenters. The predicted octanol–water partition coefficient (Wildman–Crippen LogP) is 4.30. The zero-order valence-corrected chi connectivity index (χ0v) is 12.7. The van der Waals surface area contributed by atoms with Crippen LogP contribution < -0.4 is 0 Å². The molecule has 0 spiro atoms. The molecule has 0 saturated carbocycles. The number of carbonyl (C=O) groups is 1. The Kier molecular flexibility index (Phi) is 4.17. The second-order valence-corrected chi connectivity index (χ2v) is 6.32. The van der Waals surface area contributed by atoms with Crippen LogP contribution in [0.25, 0.3) is 5.70 Å². The Bertz CT molecular complexity index is 499. The Hall–Kier alpha value is -1.77. The lowest BCUT2D eigenvalue weighted by Crippen LogP contribution is -2.38. The normalized spacial score (nSPS) is 19.5. The van der Waals surface area contributed by atoms with E-state index >= 15 is 0 Å². The summed E-state index contributed by atoms with van der Waals surface area (Å²) in [5.41, 5.74) is 1.55. The molecule has 1 aliphatic rings. The molecule has 1 aliphatic heterocycles. The number of benzene rings is 1. The summed E-state index contributed by atoms with van der Waals surface area (Å²) in [4.78, 5) is 14.1. The second kappa shape index (κ2) is 5.70. The summed E-state index contributed by atoms with van der Waals surface area (Å²) >= 11 is 0. The maximum atomic E-state index is 12.4. The van der Waals surface area contributed by atoms with Crippen LogP contribution in [0.4, 0.5) is 4.79 Å². The maximum absolute atomic E-state index is 12.4. The lowest BCUT2D eigenvalue weighted by Gasteiger charge is -2.33. The van der Waals surface area contributed by atoms with Crippen molar-refractivity contribution >= 4 is 11.8 Å². The van der Waals surface area contributed by atoms with Crippen LogP contribution in [0.1, 0.15) is 39.7 Å². The van der Waals surface area contributed by atoms with Gasteiger partial charge in [0.2, 0.25) is 0 Å². The fourth-order valence-electron chi connectivity index (χ4n) is 2.26. The van der Waals surface area contributed by atoms with Gasteiger partial charge in [0.25, 0.3) is 0 Å². The molecule has 0 aromatic heterocycles. The van der Waals surface area contributed by atoms with E-state index in [2.05, 4.69) is 13.0 Å². The third kappa shape index (κ3) is 3.62. The van der Waals surface area contributed by atoms with Gasteiger partial charge in [-0.15, -0.1) is 0 Å². The van der Waals surface area contributed by atoms with Crippen LogP contribution >= 0.6 is 0 Å². The predicted molar refractivity (Wildman–Crippen MR) is 81.1 cm³/mol. The van der Waals surface area contributed by atoms with E-state index in [1.165, 1.54) is 0 Å². The van der Waals surface area contributed by atoms with E-state index in [0.717, 1.165) is 17.7 Å². The third-order valence-corrected chi connectivity index (χ3v) is 3.22. The number of hydrogen-bond donors (Lipinski definition) is 0. The van der Waals surface area contributed by atoms with Gasteiger partial charge in [-0.2, -0.15) is 0 Å². The highest BCUT2D eigenvalue weighted by molar-refractivity contribution is 5.82. The molecular weight excluding hydrogens is 250 g/mol. The van der Waals surface area contributed by atoms with E-state index in [0.29, 0.717) is 12.5 Å². The van der Waals surface area contributed by atoms with Gasteiger partial charge in [0, 0.05) is 6.54 Å². The number of allylic oxidation sites excluding steroid dienone is 1. The Labute approximate surface area is 121 Å². The number of nitrogens with zero attached hydrogens (tertiary/aromatic N) is 1. The fraction of sp³-hybridized carbons (Fsp3) is 0.471. The minimum Gasteiger partial charge on any atom is -0.443 e. The van der Waals surface area contributed by atoms with Crippen molar-refractivity contribution in [2.45, 2.75) is 39.7 Å². The zero-order chi connectivity index (χ0) is 14.8. The highest BCUT2D eigenvalue weighted by Crippen LogP contribution is 2.29. The molecule has 108 valence electrons. The van der Waals surface area contributed by atoms with Gasteiger partial charge in [0.1, 0.15) is 5.60 Å². The summed E-state index contributed by atoms with van der Waals surface area (Å²) in [6, 6.07) is 10.0. The molecule has 0 bridgehead atoms. The van der Waals surface area contributed by atoms with Gasteiger partial charge in [-0.05, 0) is 38.7 Å². The van der Waals surface area contributed by atoms with E-state index in [-0.39, 0.29) is 6.09 Å². The minimum atomic E-state index is -0.470. The van der Waals surface area contributed by atoms with Gasteiger partial charge < -0.3 is 4.74 Å². The SMILES string of the molecule is C[C@H]1C=C(c2ccccc2)N(C(=O)OC(C)(C)C)CC1. The molecule has 3 nitrogen and oxygen atoms in total. The Morgan fingerprint density at radius 2 is 1.90 bits per heavy atom. The van der Waals surface area contributed by atoms with Crippen molar-refractivity contribution in [1.29, 1.82) is 0 Å². The van der Waals surface area contributed by atoms with Crippen molar-refractivity contribution < 1.29 is 9.53 Å². The molecule has 1 aromatic rings. The van der Waals surface area contributed by atoms with Crippen LogP contribution in [-0.2, 0) is 4.74 Å². The van der Waals surface area contributed by atoms with Gasteiger partial charge in [-0.3, -0.25) is 4.90 Å². The van der Waals surface area contributed by atoms with Crippen LogP contribution in [0.2, 0.25) is 0 Å². The molecule has 2 rings (SSSR count). The van der Waals surface area contributed by atoms with Crippen molar-refractivity contribution in [3.63, 3.8) is 0 Å². The number of rotatable bonds is 1. The van der Waals surface area contributed by atoms with Gasteiger partial charge in [0.05, 0.1) is 5.70 Å². The first-order valence-corrected chi connectivity index (χ1v) is 7.14. The summed E-state index contributed by atoms with van der Waals surface area (Å²) in [5.74, 6) is 0.476. The van der Waals surface area contributed by atoms with Crippen LogP contribution in [-0.4, -0.2) is 23.1 Å². The first-order valence-electron chi connectivity index (χ1n) is 7.14. The van der Waals surface area contributed by atoms with Crippen LogP contribution in [0.5, 0.6) is 0 Å². The lowest BCUT2D eigenvalue weighted by atomic mass is 9.98. The summed E-state index contributed by atoms with van der Waals surface area (Å²) in [7, 11) is 0. The van der Waals surface area contributed by atoms with Crippen molar-refractivity contribution in [2.24, 2.45) is 5.92 Å². The zero-order valence-electron chi connectivity index (χ0n) is 12.7. The molecular formula is C17H23NO2. The third-order valence-electron chi connectivity index (χ3n) is 3.22. The molecule has 20 heavy (non-hydrogen) atoms. The lowest BCUT2D eigenvalue weighted by molar-refractivity contribution is 0.0341. The van der Waals surface area contributed by atoms with E-state index in [9.17, 15) is 4.79 Å². The van der Waals surface area contributed by atoms with Crippen LogP contribution in [0.3, 0.4) is 0 Å². The quantitative estimate of drug-likeness (QED) is 0.763. The van der Waals surface area contributed by atoms with Gasteiger partial charge in [-0.25, -0.2) is 4.79 Å². The summed E-state index contributed by atoms with van der Waals surface area (Å²) < 4.78 is 5.51. The maximum Gasteiger partial charge on any atom is 0.414 e. The molecule has 0 unspecified atom stereocenters. The Balaban J connectivity index is 2.27. The highest BCUT2D eigenvalue weighted by Gasteiger charge is 2.28. The molecule has 1 heterocycles. The molecule has 0 aliphatic carbocycles. The average molecular weight is 273 g/mol. The summed E-state index contributed by atoms with van der Waals surface area (Å²) in [6.45, 7) is 8.56. The van der Waals surface area contributed by atoms with Gasteiger partial charge in [-0.1, -0.05) is 43.3 Å². The topological polar surface area (TPSA) is 29.5 Å². The summed E-state index contributed by atoms with van der Waals surface area (Å²) in [6.07, 6.45) is 2.86. The second-order valence-electron chi connectivity index (χ2n) is 6.32. The van der Waals surface area contributed by atoms with E-state index in [1.54, 1.807) is 4.90 Å². The molecule has 1 amide bonds. The largest absolute Gasteiger partial charge is 0.443 e. The van der Waals surface area contributed by atoms with Gasteiger partial charge in [0.15, 0.2) is 0 Å². The van der Waals surface area contributed by atoms with E-state index in [1.807, 2.05) is 51.1 Å². The minimum absolute atomic E-state index is 0.264. The monoisotopic (exact) mass is 273 g/mol. The number of amides is 1. The van der Waals surface area contributed by atoms with E-state index < -0.39 is 5.60 Å². The molecule has 1 aromatic carbocycles. The summed E-state index contributed by atoms with van der Waals surface area (Å²) in [5, 5.41) is 0. The first kappa shape index (κ1) is 14.6. The Morgan fingerprint density at radius 1 is 1.25 bits per heavy atom. The molecule has 3 heteroatoms. The number of hydrogen-bond acceptors (Lipinski definition) is 2. The van der Waals surface area contributed by atoms with Crippen molar-refractivity contribution in [3.8, 4) is 0 Å². The molecule has 0 N–H and O–H groups in total. The van der Waals surface area contributed by atoms with Crippen molar-refractivity contribution in [1.82, 2.24) is 4.90 Å². The Morgan fingerprint density at radius 3 is 2.50 bits per heavy atom. The fourth-order valence-corrected chi connectivity index (χ4v) is 2.26. The molecule has 0 radical (unpaired) electrons. The smallest absolute Gasteiger partial charge is 0.414 e. The van der Waals surface area contributed by atoms with Gasteiger partial charge >= 0.3 is 6.09 Å². The average Bonchev–Trinajstić information content (AvgIpc) is 2.37. The first-order chi connectivity index (χ1) is 9.37. The van der Waals surface area contributed by atoms with Crippen LogP contribution in [0.15, 0.2) is 36.4 Å². The number of ether oxygens (including phenoxy) is 1. The molecule has 0 fully saturated rings. The number of carbonyl (C=O) groups excluding carboxylic acids is 1. The van der Waals surface area contributed by atoms with Crippen molar-refractivity contribution in [3.05, 3.63) is 42.0 Å². The van der Waals surface area contributed by atoms with Crippen LogP contribution in [0, 0.1) is 5.92 Å². The standard InChI is InChI=1S/C17H23NO2/c1-13-10-11-18(16(19)20-17(2,3)4)15(12-13)14-8-6-5-7-9-14/h5-9,12-13H,10-11H2,1-4H3/t13-/m1/s1. The van der Waals surface area contributed by atoms with E-state index in [4.69, 9.17) is 4.74 Å². The highest BCUT2D eigenvalue weighted by atomic mass is 16.6. The molecule has 0 saturated heterocycles. The van der Waals surface area contributed by atoms with Crippen molar-refractivity contribution in [2.75, 3.05) is 6.54 Å².